The predicted octanol–water partition coefficient (Wildman–Crippen LogP) is 1.34. The second-order valence-electron chi connectivity index (χ2n) is 7.82. The second kappa shape index (κ2) is 10.2. The molecule has 0 saturated heterocycles. The average Bonchev–Trinajstić information content (AvgIpc) is 3.13. The molecule has 184 valence electrons. The van der Waals surface area contributed by atoms with Gasteiger partial charge in [0.15, 0.2) is 6.61 Å². The number of benzene rings is 1. The number of carbonyl (C=O) groups excluding carboxylic acids is 3. The standard InChI is InChI=1S/C24H26N4O7/c1-5-34-23(32)19-13(2)17(14(3)26-19)22(31)35-12-16(29)18-20(25)28(24(33)27(4)21(18)30)11-15-9-7-6-8-10-15/h6-10,26H,5,11-12,25H2,1-4H3. The van der Waals surface area contributed by atoms with Crippen molar-refractivity contribution in [1.29, 1.82) is 0 Å². The van der Waals surface area contributed by atoms with Gasteiger partial charge < -0.3 is 20.2 Å². The Hall–Kier alpha value is -4.41. The molecular weight excluding hydrogens is 456 g/mol. The molecule has 2 heterocycles. The number of ketones is 1. The molecule has 0 atom stereocenters. The molecule has 0 fully saturated rings. The largest absolute Gasteiger partial charge is 0.461 e. The number of esters is 2. The molecule has 0 amide bonds. The number of hydrogen-bond acceptors (Lipinski definition) is 8. The van der Waals surface area contributed by atoms with Crippen LogP contribution < -0.4 is 17.0 Å². The van der Waals surface area contributed by atoms with E-state index in [0.717, 1.165) is 14.7 Å². The first-order chi connectivity index (χ1) is 16.6. The van der Waals surface area contributed by atoms with Gasteiger partial charge in [-0.1, -0.05) is 30.3 Å². The number of aromatic amines is 1. The lowest BCUT2D eigenvalue weighted by Crippen LogP contribution is -2.43. The van der Waals surface area contributed by atoms with E-state index in [-0.39, 0.29) is 30.2 Å². The van der Waals surface area contributed by atoms with Gasteiger partial charge in [-0.25, -0.2) is 14.4 Å². The molecular formula is C24H26N4O7. The lowest BCUT2D eigenvalue weighted by Gasteiger charge is -2.15. The molecule has 0 aliphatic rings. The van der Waals surface area contributed by atoms with Crippen LogP contribution in [0.3, 0.4) is 0 Å². The number of nitrogens with one attached hydrogen (secondary N) is 1. The Morgan fingerprint density at radius 2 is 1.66 bits per heavy atom. The van der Waals surface area contributed by atoms with Crippen molar-refractivity contribution in [3.8, 4) is 0 Å². The Labute approximate surface area is 200 Å². The van der Waals surface area contributed by atoms with Crippen LogP contribution in [0.5, 0.6) is 0 Å². The average molecular weight is 482 g/mol. The van der Waals surface area contributed by atoms with Gasteiger partial charge in [0, 0.05) is 12.7 Å². The summed E-state index contributed by atoms with van der Waals surface area (Å²) in [5.74, 6) is -2.68. The molecule has 0 spiro atoms. The fourth-order valence-electron chi connectivity index (χ4n) is 3.70. The second-order valence-corrected chi connectivity index (χ2v) is 7.82. The van der Waals surface area contributed by atoms with E-state index >= 15 is 0 Å². The summed E-state index contributed by atoms with van der Waals surface area (Å²) in [5.41, 5.74) is 5.62. The van der Waals surface area contributed by atoms with Crippen LogP contribution in [-0.2, 0) is 23.1 Å². The number of Topliss-reactive ketones (excluding diaryl/α,β-unsaturated/α-hetero) is 1. The highest BCUT2D eigenvalue weighted by molar-refractivity contribution is 6.03. The molecule has 3 aromatic rings. The fourth-order valence-corrected chi connectivity index (χ4v) is 3.70. The van der Waals surface area contributed by atoms with E-state index in [1.54, 1.807) is 45.0 Å². The highest BCUT2D eigenvalue weighted by Gasteiger charge is 2.26. The van der Waals surface area contributed by atoms with Crippen LogP contribution in [0.4, 0.5) is 5.82 Å². The van der Waals surface area contributed by atoms with Gasteiger partial charge in [-0.2, -0.15) is 0 Å². The number of anilines is 1. The lowest BCUT2D eigenvalue weighted by atomic mass is 10.1. The number of nitrogens with two attached hydrogens (primary N) is 1. The van der Waals surface area contributed by atoms with Gasteiger partial charge in [-0.3, -0.25) is 18.7 Å². The molecule has 1 aromatic carbocycles. The summed E-state index contributed by atoms with van der Waals surface area (Å²) < 4.78 is 12.0. The van der Waals surface area contributed by atoms with Crippen LogP contribution in [0, 0.1) is 13.8 Å². The highest BCUT2D eigenvalue weighted by Crippen LogP contribution is 2.20. The van der Waals surface area contributed by atoms with Crippen molar-refractivity contribution in [3.63, 3.8) is 0 Å². The molecule has 0 bridgehead atoms. The van der Waals surface area contributed by atoms with Crippen LogP contribution >= 0.6 is 0 Å². The van der Waals surface area contributed by atoms with E-state index in [2.05, 4.69) is 4.98 Å². The van der Waals surface area contributed by atoms with E-state index < -0.39 is 41.1 Å². The number of aromatic nitrogens is 3. The van der Waals surface area contributed by atoms with Crippen molar-refractivity contribution in [2.75, 3.05) is 18.9 Å². The van der Waals surface area contributed by atoms with Gasteiger partial charge in [0.05, 0.1) is 18.7 Å². The maximum Gasteiger partial charge on any atom is 0.355 e. The molecule has 11 nitrogen and oxygen atoms in total. The third kappa shape index (κ3) is 4.93. The summed E-state index contributed by atoms with van der Waals surface area (Å²) in [6.07, 6.45) is 0. The topological polar surface area (TPSA) is 155 Å². The van der Waals surface area contributed by atoms with Gasteiger partial charge in [-0.05, 0) is 31.9 Å². The van der Waals surface area contributed by atoms with Crippen LogP contribution in [0.15, 0.2) is 39.9 Å². The molecule has 0 unspecified atom stereocenters. The number of ether oxygens (including phenoxy) is 2. The molecule has 11 heteroatoms. The molecule has 0 radical (unpaired) electrons. The molecule has 0 aliphatic carbocycles. The number of hydrogen-bond donors (Lipinski definition) is 2. The predicted molar refractivity (Wildman–Crippen MR) is 127 cm³/mol. The first kappa shape index (κ1) is 25.2. The number of rotatable bonds is 8. The molecule has 3 N–H and O–H groups in total. The van der Waals surface area contributed by atoms with Crippen molar-refractivity contribution in [2.45, 2.75) is 27.3 Å². The monoisotopic (exact) mass is 482 g/mol. The third-order valence-electron chi connectivity index (χ3n) is 5.50. The Balaban J connectivity index is 1.87. The lowest BCUT2D eigenvalue weighted by molar-refractivity contribution is 0.0473. The number of aryl methyl sites for hydroxylation is 1. The fraction of sp³-hybridized carbons (Fsp3) is 0.292. The molecule has 0 saturated carbocycles. The Morgan fingerprint density at radius 3 is 2.29 bits per heavy atom. The summed E-state index contributed by atoms with van der Waals surface area (Å²) >= 11 is 0. The normalized spacial score (nSPS) is 10.7. The smallest absolute Gasteiger partial charge is 0.355 e. The van der Waals surface area contributed by atoms with Gasteiger partial charge in [0.25, 0.3) is 5.56 Å². The SMILES string of the molecule is CCOC(=O)c1[nH]c(C)c(C(=O)OCC(=O)c2c(N)n(Cc3ccccc3)c(=O)n(C)c2=O)c1C. The summed E-state index contributed by atoms with van der Waals surface area (Å²) in [7, 11) is 1.23. The van der Waals surface area contributed by atoms with E-state index in [0.29, 0.717) is 11.3 Å². The minimum absolute atomic E-state index is 0.0398. The van der Waals surface area contributed by atoms with E-state index in [1.165, 1.54) is 7.05 Å². The van der Waals surface area contributed by atoms with Crippen LogP contribution in [0.2, 0.25) is 0 Å². The first-order valence-corrected chi connectivity index (χ1v) is 10.8. The summed E-state index contributed by atoms with van der Waals surface area (Å²) in [6, 6.07) is 8.91. The number of nitrogens with zero attached hydrogens (tertiary/aromatic N) is 2. The van der Waals surface area contributed by atoms with Crippen LogP contribution in [0.1, 0.15) is 54.9 Å². The maximum atomic E-state index is 12.9. The Kier molecular flexibility index (Phi) is 7.38. The van der Waals surface area contributed by atoms with Gasteiger partial charge in [-0.15, -0.1) is 0 Å². The Bertz CT molecular complexity index is 1410. The quantitative estimate of drug-likeness (QED) is 0.360. The van der Waals surface area contributed by atoms with Crippen LogP contribution in [-0.4, -0.2) is 45.1 Å². The van der Waals surface area contributed by atoms with Crippen molar-refractivity contribution in [1.82, 2.24) is 14.1 Å². The number of nitrogen functional groups attached to an aromatic ring is 1. The van der Waals surface area contributed by atoms with Crippen molar-refractivity contribution in [2.24, 2.45) is 7.05 Å². The van der Waals surface area contributed by atoms with Gasteiger partial charge in [0.2, 0.25) is 5.78 Å². The summed E-state index contributed by atoms with van der Waals surface area (Å²) in [5, 5.41) is 0. The van der Waals surface area contributed by atoms with Gasteiger partial charge >= 0.3 is 17.6 Å². The molecule has 35 heavy (non-hydrogen) atoms. The highest BCUT2D eigenvalue weighted by atomic mass is 16.5. The summed E-state index contributed by atoms with van der Waals surface area (Å²) in [4.78, 5) is 65.7. The third-order valence-corrected chi connectivity index (χ3v) is 5.50. The number of carbonyl (C=O) groups is 3. The number of H-pyrrole nitrogens is 1. The van der Waals surface area contributed by atoms with Crippen molar-refractivity contribution >= 4 is 23.5 Å². The van der Waals surface area contributed by atoms with E-state index in [4.69, 9.17) is 15.2 Å². The molecule has 3 rings (SSSR count). The summed E-state index contributed by atoms with van der Waals surface area (Å²) in [6.45, 7) is 4.18. The zero-order chi connectivity index (χ0) is 25.9. The van der Waals surface area contributed by atoms with E-state index in [9.17, 15) is 24.0 Å². The first-order valence-electron chi connectivity index (χ1n) is 10.8. The van der Waals surface area contributed by atoms with Crippen LogP contribution in [0.25, 0.3) is 0 Å². The van der Waals surface area contributed by atoms with Crippen molar-refractivity contribution in [3.05, 3.63) is 84.8 Å². The maximum absolute atomic E-state index is 12.9. The van der Waals surface area contributed by atoms with Gasteiger partial charge in [0.1, 0.15) is 17.1 Å². The molecule has 2 aromatic heterocycles. The Morgan fingerprint density at radius 1 is 1.00 bits per heavy atom. The van der Waals surface area contributed by atoms with E-state index in [1.807, 2.05) is 6.07 Å². The molecule has 0 aliphatic heterocycles. The van der Waals surface area contributed by atoms with Crippen molar-refractivity contribution < 1.29 is 23.9 Å². The zero-order valence-electron chi connectivity index (χ0n) is 19.8. The minimum Gasteiger partial charge on any atom is -0.461 e. The minimum atomic E-state index is -0.892. The zero-order valence-corrected chi connectivity index (χ0v) is 19.8.